The molecule has 2 aliphatic rings. The van der Waals surface area contributed by atoms with Gasteiger partial charge in [0, 0.05) is 48.7 Å². The molecule has 4 unspecified atom stereocenters. The highest BCUT2D eigenvalue weighted by atomic mass is 128. The minimum absolute atomic E-state index is 0.154. The number of carbonyl (C=O) groups excluding carboxylic acids is 1. The SMILES string of the molecule is CC1CCC(C)C2C1NC(=O)C2(C)C.II. The number of halogens is 2. The van der Waals surface area contributed by atoms with E-state index in [1.807, 2.05) is 0 Å². The van der Waals surface area contributed by atoms with Gasteiger partial charge in [-0.1, -0.05) is 34.1 Å². The number of hydrogen-bond acceptors (Lipinski definition) is 1. The first kappa shape index (κ1) is 15.0. The van der Waals surface area contributed by atoms with E-state index < -0.39 is 0 Å². The molecule has 0 aromatic rings. The van der Waals surface area contributed by atoms with Gasteiger partial charge in [-0.05, 0) is 24.2 Å². The van der Waals surface area contributed by atoms with Gasteiger partial charge in [-0.3, -0.25) is 4.79 Å². The van der Waals surface area contributed by atoms with Crippen LogP contribution >= 0.6 is 37.2 Å². The van der Waals surface area contributed by atoms with E-state index in [0.717, 1.165) is 0 Å². The summed E-state index contributed by atoms with van der Waals surface area (Å²) >= 11 is 4.24. The molecule has 2 nitrogen and oxygen atoms in total. The Morgan fingerprint density at radius 2 is 1.69 bits per heavy atom. The lowest BCUT2D eigenvalue weighted by atomic mass is 9.64. The van der Waals surface area contributed by atoms with Crippen LogP contribution in [-0.2, 0) is 4.79 Å². The zero-order valence-electron chi connectivity index (χ0n) is 10.4. The second kappa shape index (κ2) is 5.71. The Kier molecular flexibility index (Phi) is 5.35. The number of nitrogens with one attached hydrogen (secondary N) is 1. The van der Waals surface area contributed by atoms with E-state index in [4.69, 9.17) is 0 Å². The molecule has 1 N–H and O–H groups in total. The quantitative estimate of drug-likeness (QED) is 0.558. The van der Waals surface area contributed by atoms with Crippen LogP contribution in [0, 0.1) is 23.2 Å². The minimum Gasteiger partial charge on any atom is -0.352 e. The number of hydrogen-bond donors (Lipinski definition) is 1. The molecular formula is C12H21I2NO. The molecule has 1 aliphatic carbocycles. The average molecular weight is 449 g/mol. The van der Waals surface area contributed by atoms with E-state index in [9.17, 15) is 4.79 Å². The maximum absolute atomic E-state index is 11.8. The molecule has 4 atom stereocenters. The predicted molar refractivity (Wildman–Crippen MR) is 84.8 cm³/mol. The van der Waals surface area contributed by atoms with E-state index in [1.165, 1.54) is 12.8 Å². The lowest BCUT2D eigenvalue weighted by Gasteiger charge is -2.40. The Balaban J connectivity index is 0.000000606. The molecule has 4 heteroatoms. The van der Waals surface area contributed by atoms with Gasteiger partial charge in [0.05, 0.1) is 0 Å². The Labute approximate surface area is 122 Å². The van der Waals surface area contributed by atoms with Crippen LogP contribution in [0.4, 0.5) is 0 Å². The van der Waals surface area contributed by atoms with Crippen molar-refractivity contribution in [3.05, 3.63) is 0 Å². The molecule has 0 aromatic heterocycles. The summed E-state index contributed by atoms with van der Waals surface area (Å²) in [5.74, 6) is 2.14. The zero-order valence-corrected chi connectivity index (χ0v) is 14.7. The molecule has 1 saturated heterocycles. The summed E-state index contributed by atoms with van der Waals surface area (Å²) in [5.41, 5.74) is -0.154. The Hall–Kier alpha value is 0.930. The van der Waals surface area contributed by atoms with E-state index in [2.05, 4.69) is 70.2 Å². The van der Waals surface area contributed by atoms with Gasteiger partial charge in [0.25, 0.3) is 0 Å². The maximum Gasteiger partial charge on any atom is 0.226 e. The number of rotatable bonds is 0. The van der Waals surface area contributed by atoms with Crippen LogP contribution in [0.2, 0.25) is 0 Å². The first-order chi connectivity index (χ1) is 7.44. The van der Waals surface area contributed by atoms with E-state index in [-0.39, 0.29) is 11.3 Å². The first-order valence-corrected chi connectivity index (χ1v) is 12.2. The van der Waals surface area contributed by atoms with Crippen LogP contribution in [0.1, 0.15) is 40.5 Å². The smallest absolute Gasteiger partial charge is 0.226 e. The highest BCUT2D eigenvalue weighted by Gasteiger charge is 2.53. The molecule has 1 amide bonds. The van der Waals surface area contributed by atoms with Crippen molar-refractivity contribution in [2.45, 2.75) is 46.6 Å². The molecule has 94 valence electrons. The molecule has 0 bridgehead atoms. The first-order valence-electron chi connectivity index (χ1n) is 5.90. The van der Waals surface area contributed by atoms with E-state index in [0.29, 0.717) is 23.8 Å². The molecule has 16 heavy (non-hydrogen) atoms. The number of fused-ring (bicyclic) bond motifs is 1. The summed E-state index contributed by atoms with van der Waals surface area (Å²) in [6, 6.07) is 0.432. The molecular weight excluding hydrogens is 428 g/mol. The van der Waals surface area contributed by atoms with Gasteiger partial charge in [-0.25, -0.2) is 0 Å². The second-order valence-corrected chi connectivity index (χ2v) is 5.78. The van der Waals surface area contributed by atoms with E-state index >= 15 is 0 Å². The van der Waals surface area contributed by atoms with Crippen LogP contribution in [0.3, 0.4) is 0 Å². The van der Waals surface area contributed by atoms with Gasteiger partial charge >= 0.3 is 0 Å². The Morgan fingerprint density at radius 3 is 2.19 bits per heavy atom. The van der Waals surface area contributed by atoms with Crippen molar-refractivity contribution in [3.63, 3.8) is 0 Å². The normalized spacial score (nSPS) is 40.5. The van der Waals surface area contributed by atoms with Crippen molar-refractivity contribution in [1.82, 2.24) is 5.32 Å². The molecule has 1 aliphatic heterocycles. The molecule has 1 saturated carbocycles. The monoisotopic (exact) mass is 449 g/mol. The Morgan fingerprint density at radius 1 is 1.19 bits per heavy atom. The maximum atomic E-state index is 11.8. The summed E-state index contributed by atoms with van der Waals surface area (Å²) in [6.07, 6.45) is 2.54. The van der Waals surface area contributed by atoms with Gasteiger partial charge in [-0.2, -0.15) is 0 Å². The van der Waals surface area contributed by atoms with Crippen LogP contribution in [0.15, 0.2) is 0 Å². The third-order valence-corrected chi connectivity index (χ3v) is 4.41. The van der Waals surface area contributed by atoms with Crippen molar-refractivity contribution >= 4 is 43.1 Å². The fraction of sp³-hybridized carbons (Fsp3) is 0.917. The van der Waals surface area contributed by atoms with Gasteiger partial charge in [0.1, 0.15) is 0 Å². The Bertz CT molecular complexity index is 268. The topological polar surface area (TPSA) is 29.1 Å². The fourth-order valence-corrected chi connectivity index (χ4v) is 3.47. The van der Waals surface area contributed by atoms with E-state index in [1.54, 1.807) is 0 Å². The largest absolute Gasteiger partial charge is 0.352 e. The van der Waals surface area contributed by atoms with Crippen molar-refractivity contribution < 1.29 is 4.79 Å². The molecule has 0 spiro atoms. The minimum atomic E-state index is -0.154. The third kappa shape index (κ3) is 2.52. The average Bonchev–Trinajstić information content (AvgIpc) is 2.49. The standard InChI is InChI=1S/C12H21NO.I2/c1-7-5-6-8(2)10-9(7)12(3,4)11(14)13-10;1-2/h7-10H,5-6H2,1-4H3,(H,13,14);. The summed E-state index contributed by atoms with van der Waals surface area (Å²) in [5, 5.41) is 3.19. The molecule has 2 rings (SSSR count). The summed E-state index contributed by atoms with van der Waals surface area (Å²) < 4.78 is 0. The predicted octanol–water partition coefficient (Wildman–Crippen LogP) is 3.96. The summed E-state index contributed by atoms with van der Waals surface area (Å²) in [6.45, 7) is 8.76. The van der Waals surface area contributed by atoms with Crippen LogP contribution in [0.5, 0.6) is 0 Å². The number of carbonyl (C=O) groups is 1. The van der Waals surface area contributed by atoms with Crippen LogP contribution in [0.25, 0.3) is 0 Å². The van der Waals surface area contributed by atoms with Crippen LogP contribution in [-0.4, -0.2) is 11.9 Å². The zero-order chi connectivity index (χ0) is 12.5. The highest BCUT2D eigenvalue weighted by molar-refractivity contribution is 15.0. The van der Waals surface area contributed by atoms with Gasteiger partial charge in [-0.15, -0.1) is 0 Å². The second-order valence-electron chi connectivity index (χ2n) is 5.78. The van der Waals surface area contributed by atoms with Crippen molar-refractivity contribution in [2.75, 3.05) is 0 Å². The van der Waals surface area contributed by atoms with Gasteiger partial charge < -0.3 is 5.32 Å². The van der Waals surface area contributed by atoms with Gasteiger partial charge in [0.15, 0.2) is 0 Å². The van der Waals surface area contributed by atoms with Gasteiger partial charge in [0.2, 0.25) is 5.91 Å². The molecule has 0 aromatic carbocycles. The summed E-state index contributed by atoms with van der Waals surface area (Å²) in [7, 11) is 0. The molecule has 2 fully saturated rings. The highest BCUT2D eigenvalue weighted by Crippen LogP contribution is 2.48. The lowest BCUT2D eigenvalue weighted by molar-refractivity contribution is -0.127. The molecule has 0 radical (unpaired) electrons. The van der Waals surface area contributed by atoms with Crippen LogP contribution < -0.4 is 5.32 Å². The summed E-state index contributed by atoms with van der Waals surface area (Å²) in [4.78, 5) is 11.8. The number of amides is 1. The van der Waals surface area contributed by atoms with Crippen molar-refractivity contribution in [2.24, 2.45) is 23.2 Å². The molecule has 1 heterocycles. The van der Waals surface area contributed by atoms with Crippen molar-refractivity contribution in [1.29, 1.82) is 0 Å². The fourth-order valence-electron chi connectivity index (χ4n) is 3.47. The van der Waals surface area contributed by atoms with Crippen molar-refractivity contribution in [3.8, 4) is 0 Å². The lowest BCUT2D eigenvalue weighted by Crippen LogP contribution is -2.42. The third-order valence-electron chi connectivity index (χ3n) is 4.41.